The first-order valence-corrected chi connectivity index (χ1v) is 12.2. The van der Waals surface area contributed by atoms with Crippen molar-refractivity contribution in [3.63, 3.8) is 0 Å². The molecule has 3 aromatic rings. The Labute approximate surface area is 207 Å². The van der Waals surface area contributed by atoms with Crippen LogP contribution in [0.1, 0.15) is 54.1 Å². The van der Waals surface area contributed by atoms with Gasteiger partial charge < -0.3 is 15.4 Å². The van der Waals surface area contributed by atoms with Crippen LogP contribution in [0.2, 0.25) is 0 Å². The van der Waals surface area contributed by atoms with Crippen LogP contribution < -0.4 is 15.4 Å². The summed E-state index contributed by atoms with van der Waals surface area (Å²) in [6.07, 6.45) is 2.12. The predicted molar refractivity (Wildman–Crippen MR) is 140 cm³/mol. The van der Waals surface area contributed by atoms with E-state index in [1.54, 1.807) is 0 Å². The Hall–Kier alpha value is -3.64. The van der Waals surface area contributed by atoms with Gasteiger partial charge in [0.05, 0.1) is 12.3 Å². The third-order valence-electron chi connectivity index (χ3n) is 6.33. The molecule has 0 bridgehead atoms. The lowest BCUT2D eigenvalue weighted by Crippen LogP contribution is -2.32. The molecule has 6 heteroatoms. The summed E-state index contributed by atoms with van der Waals surface area (Å²) in [6.45, 7) is 6.92. The lowest BCUT2D eigenvalue weighted by atomic mass is 9.89. The number of rotatable bonds is 8. The quantitative estimate of drug-likeness (QED) is 0.444. The van der Waals surface area contributed by atoms with E-state index >= 15 is 0 Å². The highest BCUT2D eigenvalue weighted by atomic mass is 16.5. The standard InChI is InChI=1S/C29H33N3O3/c1-3-35-28-14-11-25(19-27(28)31-29(34)24-7-5-4-6-8-24)23-15-17-32(18-16-23)20-22-9-12-26(13-10-22)30-21(2)33/h4-14,19,23H,3,15-18,20H2,1-2H3,(H,30,33)(H,31,34). The van der Waals surface area contributed by atoms with Gasteiger partial charge in [-0.25, -0.2) is 0 Å². The maximum absolute atomic E-state index is 12.8. The highest BCUT2D eigenvalue weighted by Crippen LogP contribution is 2.34. The summed E-state index contributed by atoms with van der Waals surface area (Å²) in [5.74, 6) is 0.942. The number of piperidine rings is 1. The lowest BCUT2D eigenvalue weighted by Gasteiger charge is -2.32. The topological polar surface area (TPSA) is 70.7 Å². The molecule has 0 radical (unpaired) electrons. The molecule has 1 fully saturated rings. The van der Waals surface area contributed by atoms with Gasteiger partial charge in [0.25, 0.3) is 5.91 Å². The van der Waals surface area contributed by atoms with Crippen LogP contribution in [0.5, 0.6) is 5.75 Å². The summed E-state index contributed by atoms with van der Waals surface area (Å²) in [5.41, 5.74) is 4.64. The third kappa shape index (κ3) is 6.70. The molecule has 0 spiro atoms. The first-order valence-electron chi connectivity index (χ1n) is 12.2. The normalized spacial score (nSPS) is 14.3. The molecule has 1 saturated heterocycles. The van der Waals surface area contributed by atoms with E-state index in [1.807, 2.05) is 55.5 Å². The van der Waals surface area contributed by atoms with Crippen LogP contribution >= 0.6 is 0 Å². The van der Waals surface area contributed by atoms with E-state index in [9.17, 15) is 9.59 Å². The number of carbonyl (C=O) groups is 2. The summed E-state index contributed by atoms with van der Waals surface area (Å²) in [6, 6.07) is 23.5. The summed E-state index contributed by atoms with van der Waals surface area (Å²) < 4.78 is 5.78. The molecule has 2 N–H and O–H groups in total. The second kappa shape index (κ2) is 11.7. The van der Waals surface area contributed by atoms with Crippen molar-refractivity contribution in [2.24, 2.45) is 0 Å². The Morgan fingerprint density at radius 2 is 1.66 bits per heavy atom. The number of nitrogens with one attached hydrogen (secondary N) is 2. The van der Waals surface area contributed by atoms with Gasteiger partial charge >= 0.3 is 0 Å². The van der Waals surface area contributed by atoms with E-state index in [0.29, 0.717) is 23.8 Å². The molecular weight excluding hydrogens is 438 g/mol. The van der Waals surface area contributed by atoms with Crippen molar-refractivity contribution in [3.8, 4) is 5.75 Å². The minimum Gasteiger partial charge on any atom is -0.492 e. The van der Waals surface area contributed by atoms with Gasteiger partial charge in [-0.15, -0.1) is 0 Å². The van der Waals surface area contributed by atoms with Crippen LogP contribution in [0.4, 0.5) is 11.4 Å². The Morgan fingerprint density at radius 1 is 0.943 bits per heavy atom. The number of ether oxygens (including phenoxy) is 1. The maximum Gasteiger partial charge on any atom is 0.255 e. The molecule has 6 nitrogen and oxygen atoms in total. The lowest BCUT2D eigenvalue weighted by molar-refractivity contribution is -0.114. The van der Waals surface area contributed by atoms with Crippen molar-refractivity contribution in [2.45, 2.75) is 39.2 Å². The van der Waals surface area contributed by atoms with E-state index in [1.165, 1.54) is 18.1 Å². The van der Waals surface area contributed by atoms with Gasteiger partial charge in [-0.1, -0.05) is 36.4 Å². The van der Waals surface area contributed by atoms with Crippen LogP contribution in [0, 0.1) is 0 Å². The summed E-state index contributed by atoms with van der Waals surface area (Å²) >= 11 is 0. The molecule has 3 aromatic carbocycles. The van der Waals surface area contributed by atoms with Gasteiger partial charge in [0.2, 0.25) is 5.91 Å². The van der Waals surface area contributed by atoms with Crippen LogP contribution in [-0.2, 0) is 11.3 Å². The zero-order valence-corrected chi connectivity index (χ0v) is 20.4. The van der Waals surface area contributed by atoms with Gasteiger partial charge in [0, 0.05) is 24.7 Å². The number of hydrogen-bond acceptors (Lipinski definition) is 4. The molecule has 0 atom stereocenters. The van der Waals surface area contributed by atoms with Crippen molar-refractivity contribution in [1.82, 2.24) is 4.90 Å². The number of anilines is 2. The third-order valence-corrected chi connectivity index (χ3v) is 6.33. The molecule has 1 heterocycles. The molecule has 0 aromatic heterocycles. The summed E-state index contributed by atoms with van der Waals surface area (Å²) in [5, 5.41) is 5.86. The highest BCUT2D eigenvalue weighted by molar-refractivity contribution is 6.05. The monoisotopic (exact) mass is 471 g/mol. The predicted octanol–water partition coefficient (Wildman–Crippen LogP) is 5.68. The Kier molecular flexibility index (Phi) is 8.16. The number of amides is 2. The molecule has 1 aliphatic rings. The maximum atomic E-state index is 12.8. The van der Waals surface area contributed by atoms with E-state index in [0.717, 1.165) is 43.9 Å². The summed E-state index contributed by atoms with van der Waals surface area (Å²) in [7, 11) is 0. The second-order valence-corrected chi connectivity index (χ2v) is 8.94. The first-order chi connectivity index (χ1) is 17.0. The number of likely N-dealkylation sites (tertiary alicyclic amines) is 1. The van der Waals surface area contributed by atoms with E-state index in [4.69, 9.17) is 4.74 Å². The van der Waals surface area contributed by atoms with Crippen molar-refractivity contribution < 1.29 is 14.3 Å². The van der Waals surface area contributed by atoms with E-state index < -0.39 is 0 Å². The molecule has 1 aliphatic heterocycles. The SMILES string of the molecule is CCOc1ccc(C2CCN(Cc3ccc(NC(C)=O)cc3)CC2)cc1NC(=O)c1ccccc1. The molecule has 35 heavy (non-hydrogen) atoms. The number of benzene rings is 3. The number of carbonyl (C=O) groups excluding carboxylic acids is 2. The first kappa shape index (κ1) is 24.5. The Morgan fingerprint density at radius 3 is 2.31 bits per heavy atom. The fourth-order valence-corrected chi connectivity index (χ4v) is 4.54. The van der Waals surface area contributed by atoms with Crippen molar-refractivity contribution in [3.05, 3.63) is 89.5 Å². The van der Waals surface area contributed by atoms with Gasteiger partial charge in [-0.2, -0.15) is 0 Å². The zero-order valence-electron chi connectivity index (χ0n) is 20.4. The molecule has 0 unspecified atom stereocenters. The van der Waals surface area contributed by atoms with Gasteiger partial charge in [-0.05, 0) is 86.3 Å². The van der Waals surface area contributed by atoms with Crippen LogP contribution in [0.25, 0.3) is 0 Å². The van der Waals surface area contributed by atoms with Gasteiger partial charge in [0.15, 0.2) is 0 Å². The minimum absolute atomic E-state index is 0.0584. The molecular formula is C29H33N3O3. The fourth-order valence-electron chi connectivity index (χ4n) is 4.54. The summed E-state index contributed by atoms with van der Waals surface area (Å²) in [4.78, 5) is 26.4. The fraction of sp³-hybridized carbons (Fsp3) is 0.310. The molecule has 182 valence electrons. The second-order valence-electron chi connectivity index (χ2n) is 8.94. The Bertz CT molecular complexity index is 1140. The van der Waals surface area contributed by atoms with E-state index in [-0.39, 0.29) is 11.8 Å². The average molecular weight is 472 g/mol. The zero-order chi connectivity index (χ0) is 24.6. The smallest absolute Gasteiger partial charge is 0.255 e. The number of nitrogens with zero attached hydrogens (tertiary/aromatic N) is 1. The molecule has 4 rings (SSSR count). The van der Waals surface area contributed by atoms with Crippen LogP contribution in [0.3, 0.4) is 0 Å². The van der Waals surface area contributed by atoms with Crippen molar-refractivity contribution in [1.29, 1.82) is 0 Å². The minimum atomic E-state index is -0.136. The van der Waals surface area contributed by atoms with Crippen LogP contribution in [0.15, 0.2) is 72.8 Å². The van der Waals surface area contributed by atoms with E-state index in [2.05, 4.69) is 39.8 Å². The van der Waals surface area contributed by atoms with Crippen molar-refractivity contribution >= 4 is 23.2 Å². The molecule has 2 amide bonds. The average Bonchev–Trinajstić information content (AvgIpc) is 2.87. The highest BCUT2D eigenvalue weighted by Gasteiger charge is 2.22. The van der Waals surface area contributed by atoms with Crippen LogP contribution in [-0.4, -0.2) is 36.4 Å². The number of hydrogen-bond donors (Lipinski definition) is 2. The Balaban J connectivity index is 1.38. The van der Waals surface area contributed by atoms with Gasteiger partial charge in [0.1, 0.15) is 5.75 Å². The largest absolute Gasteiger partial charge is 0.492 e. The molecule has 0 aliphatic carbocycles. The van der Waals surface area contributed by atoms with Gasteiger partial charge in [-0.3, -0.25) is 14.5 Å². The molecule has 0 saturated carbocycles. The van der Waals surface area contributed by atoms with Crippen molar-refractivity contribution in [2.75, 3.05) is 30.3 Å².